The fourth-order valence-corrected chi connectivity index (χ4v) is 2.27. The summed E-state index contributed by atoms with van der Waals surface area (Å²) >= 11 is 0. The molecule has 0 aliphatic carbocycles. The lowest BCUT2D eigenvalue weighted by atomic mass is 10.2. The zero-order valence-electron chi connectivity index (χ0n) is 14.0. The molecular formula is C17H21N5O2. The van der Waals surface area contributed by atoms with E-state index in [0.29, 0.717) is 11.5 Å². The van der Waals surface area contributed by atoms with E-state index in [9.17, 15) is 9.59 Å². The Morgan fingerprint density at radius 1 is 1.17 bits per heavy atom. The number of hydrogen-bond donors (Lipinski definition) is 2. The van der Waals surface area contributed by atoms with E-state index in [1.54, 1.807) is 36.2 Å². The SMILES string of the molecule is Cc1cc(C)nc(N(C)CC(NC(=O)c2ccccc2)C(N)=O)n1. The number of aromatic nitrogens is 2. The molecule has 1 aromatic heterocycles. The average molecular weight is 327 g/mol. The highest BCUT2D eigenvalue weighted by atomic mass is 16.2. The molecular weight excluding hydrogens is 306 g/mol. The van der Waals surface area contributed by atoms with Gasteiger partial charge in [0.05, 0.1) is 0 Å². The molecule has 24 heavy (non-hydrogen) atoms. The Balaban J connectivity index is 2.10. The minimum Gasteiger partial charge on any atom is -0.368 e. The van der Waals surface area contributed by atoms with Gasteiger partial charge in [-0.2, -0.15) is 0 Å². The molecule has 0 saturated carbocycles. The van der Waals surface area contributed by atoms with Crippen LogP contribution in [0.2, 0.25) is 0 Å². The largest absolute Gasteiger partial charge is 0.368 e. The lowest BCUT2D eigenvalue weighted by molar-refractivity contribution is -0.119. The van der Waals surface area contributed by atoms with E-state index in [1.807, 2.05) is 26.0 Å². The molecule has 2 aromatic rings. The van der Waals surface area contributed by atoms with Crippen molar-refractivity contribution in [3.63, 3.8) is 0 Å². The second-order valence-corrected chi connectivity index (χ2v) is 5.63. The number of likely N-dealkylation sites (N-methyl/N-ethyl adjacent to an activating group) is 1. The molecule has 7 heteroatoms. The summed E-state index contributed by atoms with van der Waals surface area (Å²) in [6.07, 6.45) is 0. The smallest absolute Gasteiger partial charge is 0.251 e. The van der Waals surface area contributed by atoms with Crippen LogP contribution < -0.4 is 16.0 Å². The zero-order chi connectivity index (χ0) is 17.7. The van der Waals surface area contributed by atoms with E-state index in [2.05, 4.69) is 15.3 Å². The molecule has 0 radical (unpaired) electrons. The molecule has 126 valence electrons. The van der Waals surface area contributed by atoms with Crippen molar-refractivity contribution in [3.8, 4) is 0 Å². The van der Waals surface area contributed by atoms with Crippen molar-refractivity contribution in [1.29, 1.82) is 0 Å². The van der Waals surface area contributed by atoms with Crippen LogP contribution in [0.25, 0.3) is 0 Å². The van der Waals surface area contributed by atoms with Crippen LogP contribution in [0, 0.1) is 13.8 Å². The van der Waals surface area contributed by atoms with E-state index in [-0.39, 0.29) is 12.5 Å². The van der Waals surface area contributed by atoms with Crippen LogP contribution in [0.3, 0.4) is 0 Å². The third-order valence-electron chi connectivity index (χ3n) is 3.45. The molecule has 0 saturated heterocycles. The minimum atomic E-state index is -0.855. The molecule has 0 bridgehead atoms. The molecule has 1 heterocycles. The van der Waals surface area contributed by atoms with Gasteiger partial charge in [-0.1, -0.05) is 18.2 Å². The second-order valence-electron chi connectivity index (χ2n) is 5.63. The predicted octanol–water partition coefficient (Wildman–Crippen LogP) is 0.814. The van der Waals surface area contributed by atoms with Gasteiger partial charge in [0.15, 0.2) is 0 Å². The van der Waals surface area contributed by atoms with Crippen molar-refractivity contribution in [2.75, 3.05) is 18.5 Å². The first-order valence-corrected chi connectivity index (χ1v) is 7.55. The number of aryl methyl sites for hydroxylation is 2. The number of primary amides is 1. The number of amides is 2. The van der Waals surface area contributed by atoms with Gasteiger partial charge in [-0.3, -0.25) is 9.59 Å². The first kappa shape index (κ1) is 17.4. The Bertz CT molecular complexity index is 713. The fraction of sp³-hybridized carbons (Fsp3) is 0.294. The molecule has 7 nitrogen and oxygen atoms in total. The first-order chi connectivity index (χ1) is 11.4. The molecule has 0 spiro atoms. The maximum Gasteiger partial charge on any atom is 0.251 e. The Hall–Kier alpha value is -2.96. The number of carbonyl (C=O) groups is 2. The Morgan fingerprint density at radius 2 is 1.75 bits per heavy atom. The topological polar surface area (TPSA) is 101 Å². The summed E-state index contributed by atoms with van der Waals surface area (Å²) < 4.78 is 0. The molecule has 0 aliphatic rings. The third-order valence-corrected chi connectivity index (χ3v) is 3.45. The van der Waals surface area contributed by atoms with Gasteiger partial charge in [-0.15, -0.1) is 0 Å². The number of nitrogens with zero attached hydrogens (tertiary/aromatic N) is 3. The molecule has 0 fully saturated rings. The van der Waals surface area contributed by atoms with Crippen LogP contribution in [0.15, 0.2) is 36.4 Å². The molecule has 1 atom stereocenters. The van der Waals surface area contributed by atoms with Crippen LogP contribution >= 0.6 is 0 Å². The highest BCUT2D eigenvalue weighted by Gasteiger charge is 2.22. The van der Waals surface area contributed by atoms with Gasteiger partial charge in [0.25, 0.3) is 5.91 Å². The van der Waals surface area contributed by atoms with Gasteiger partial charge in [0.2, 0.25) is 11.9 Å². The molecule has 1 unspecified atom stereocenters. The highest BCUT2D eigenvalue weighted by molar-refractivity contribution is 5.97. The van der Waals surface area contributed by atoms with Gasteiger partial charge in [-0.05, 0) is 32.0 Å². The summed E-state index contributed by atoms with van der Waals surface area (Å²) in [5.74, 6) is -0.489. The fourth-order valence-electron chi connectivity index (χ4n) is 2.27. The second kappa shape index (κ2) is 7.54. The van der Waals surface area contributed by atoms with Crippen molar-refractivity contribution < 1.29 is 9.59 Å². The Labute approximate surface area is 140 Å². The summed E-state index contributed by atoms with van der Waals surface area (Å²) in [6, 6.07) is 9.67. The van der Waals surface area contributed by atoms with Gasteiger partial charge in [-0.25, -0.2) is 9.97 Å². The van der Waals surface area contributed by atoms with E-state index in [0.717, 1.165) is 11.4 Å². The van der Waals surface area contributed by atoms with Crippen LogP contribution in [-0.2, 0) is 4.79 Å². The van der Waals surface area contributed by atoms with Gasteiger partial charge < -0.3 is 16.0 Å². The van der Waals surface area contributed by atoms with Crippen molar-refractivity contribution in [2.45, 2.75) is 19.9 Å². The number of benzene rings is 1. The van der Waals surface area contributed by atoms with Gasteiger partial charge in [0, 0.05) is 30.5 Å². The van der Waals surface area contributed by atoms with Crippen LogP contribution in [-0.4, -0.2) is 41.4 Å². The maximum absolute atomic E-state index is 12.2. The number of carbonyl (C=O) groups excluding carboxylic acids is 2. The van der Waals surface area contributed by atoms with E-state index in [4.69, 9.17) is 5.73 Å². The summed E-state index contributed by atoms with van der Waals surface area (Å²) in [5, 5.41) is 2.65. The number of hydrogen-bond acceptors (Lipinski definition) is 5. The average Bonchev–Trinajstić information content (AvgIpc) is 2.53. The number of nitrogens with one attached hydrogen (secondary N) is 1. The highest BCUT2D eigenvalue weighted by Crippen LogP contribution is 2.09. The summed E-state index contributed by atoms with van der Waals surface area (Å²) in [4.78, 5) is 34.3. The Morgan fingerprint density at radius 3 is 2.29 bits per heavy atom. The van der Waals surface area contributed by atoms with E-state index in [1.165, 1.54) is 0 Å². The van der Waals surface area contributed by atoms with E-state index >= 15 is 0 Å². The zero-order valence-corrected chi connectivity index (χ0v) is 14.0. The number of anilines is 1. The van der Waals surface area contributed by atoms with Gasteiger partial charge >= 0.3 is 0 Å². The lowest BCUT2D eigenvalue weighted by Crippen LogP contribution is -2.50. The third kappa shape index (κ3) is 4.52. The predicted molar refractivity (Wildman–Crippen MR) is 91.7 cm³/mol. The summed E-state index contributed by atoms with van der Waals surface area (Å²) in [5.41, 5.74) is 7.55. The molecule has 3 N–H and O–H groups in total. The molecule has 1 aromatic carbocycles. The van der Waals surface area contributed by atoms with Crippen LogP contribution in [0.5, 0.6) is 0 Å². The minimum absolute atomic E-state index is 0.177. The number of nitrogens with two attached hydrogens (primary N) is 1. The molecule has 2 amide bonds. The van der Waals surface area contributed by atoms with Crippen molar-refractivity contribution in [2.24, 2.45) is 5.73 Å². The normalized spacial score (nSPS) is 11.6. The Kier molecular flexibility index (Phi) is 5.47. The summed E-state index contributed by atoms with van der Waals surface area (Å²) in [6.45, 7) is 3.92. The lowest BCUT2D eigenvalue weighted by Gasteiger charge is -2.23. The van der Waals surface area contributed by atoms with E-state index < -0.39 is 11.9 Å². The maximum atomic E-state index is 12.2. The first-order valence-electron chi connectivity index (χ1n) is 7.55. The van der Waals surface area contributed by atoms with Gasteiger partial charge in [0.1, 0.15) is 6.04 Å². The van der Waals surface area contributed by atoms with Crippen molar-refractivity contribution >= 4 is 17.8 Å². The molecule has 0 aliphatic heterocycles. The standard InChI is InChI=1S/C17H21N5O2/c1-11-9-12(2)20-17(19-11)22(3)10-14(15(18)23)21-16(24)13-7-5-4-6-8-13/h4-9,14H,10H2,1-3H3,(H2,18,23)(H,21,24). The van der Waals surface area contributed by atoms with Crippen LogP contribution in [0.4, 0.5) is 5.95 Å². The van der Waals surface area contributed by atoms with Crippen molar-refractivity contribution in [1.82, 2.24) is 15.3 Å². The van der Waals surface area contributed by atoms with Crippen LogP contribution in [0.1, 0.15) is 21.7 Å². The quantitative estimate of drug-likeness (QED) is 0.818. The number of rotatable bonds is 6. The molecule has 2 rings (SSSR count). The van der Waals surface area contributed by atoms with Crippen molar-refractivity contribution in [3.05, 3.63) is 53.3 Å². The summed E-state index contributed by atoms with van der Waals surface area (Å²) in [7, 11) is 1.75. The monoisotopic (exact) mass is 327 g/mol.